The van der Waals surface area contributed by atoms with Crippen LogP contribution in [0.1, 0.15) is 36.9 Å². The number of aliphatic hydroxyl groups is 1. The molecule has 0 radical (unpaired) electrons. The summed E-state index contributed by atoms with van der Waals surface area (Å²) in [6.07, 6.45) is 5.20. The molecule has 146 valence electrons. The minimum atomic E-state index is -0.421. The number of carbonyl (C=O) groups excluding carboxylic acids is 1. The first-order valence-electron chi connectivity index (χ1n) is 10.2. The van der Waals surface area contributed by atoms with Crippen molar-refractivity contribution in [3.8, 4) is 11.4 Å². The fourth-order valence-corrected chi connectivity index (χ4v) is 4.65. The highest BCUT2D eigenvalue weighted by Gasteiger charge is 2.45. The van der Waals surface area contributed by atoms with Gasteiger partial charge in [0.15, 0.2) is 5.82 Å². The number of hydrogen-bond donors (Lipinski definition) is 1. The lowest BCUT2D eigenvalue weighted by atomic mass is 9.79. The number of carbonyl (C=O) groups is 1. The van der Waals surface area contributed by atoms with Crippen LogP contribution in [0.25, 0.3) is 11.4 Å². The quantitative estimate of drug-likeness (QED) is 0.867. The number of aromatic nitrogens is 2. The molecule has 1 spiro atoms. The zero-order chi connectivity index (χ0) is 19.1. The molecule has 1 aromatic carbocycles. The fraction of sp³-hybridized carbons (Fsp3) is 0.500. The van der Waals surface area contributed by atoms with E-state index < -0.39 is 5.60 Å². The van der Waals surface area contributed by atoms with E-state index in [1.165, 1.54) is 0 Å². The first kappa shape index (κ1) is 17.8. The van der Waals surface area contributed by atoms with Gasteiger partial charge in [0.25, 0.3) is 0 Å². The first-order chi connectivity index (χ1) is 13.6. The van der Waals surface area contributed by atoms with Crippen molar-refractivity contribution < 1.29 is 14.6 Å². The number of nitrogens with zero attached hydrogens (tertiary/aromatic N) is 3. The second-order valence-corrected chi connectivity index (χ2v) is 8.17. The molecular formula is C22H25N3O3. The lowest BCUT2D eigenvalue weighted by Crippen LogP contribution is -2.52. The van der Waals surface area contributed by atoms with Crippen molar-refractivity contribution in [3.63, 3.8) is 0 Å². The van der Waals surface area contributed by atoms with E-state index in [2.05, 4.69) is 4.98 Å². The Hall–Kier alpha value is -2.31. The highest BCUT2D eigenvalue weighted by molar-refractivity contribution is 5.80. The number of likely N-dealkylation sites (tertiary alicyclic amines) is 1. The van der Waals surface area contributed by atoms with E-state index in [1.807, 2.05) is 41.4 Å². The van der Waals surface area contributed by atoms with Crippen molar-refractivity contribution in [1.82, 2.24) is 14.9 Å². The Morgan fingerprint density at radius 2 is 1.93 bits per heavy atom. The van der Waals surface area contributed by atoms with Gasteiger partial charge in [-0.3, -0.25) is 4.79 Å². The predicted octanol–water partition coefficient (Wildman–Crippen LogP) is 2.30. The summed E-state index contributed by atoms with van der Waals surface area (Å²) < 4.78 is 6.30. The van der Waals surface area contributed by atoms with Crippen molar-refractivity contribution in [2.24, 2.45) is 5.92 Å². The summed E-state index contributed by atoms with van der Waals surface area (Å²) in [5.74, 6) is 0.908. The van der Waals surface area contributed by atoms with Gasteiger partial charge in [0, 0.05) is 30.8 Å². The molecule has 1 saturated carbocycles. The van der Waals surface area contributed by atoms with E-state index in [-0.39, 0.29) is 17.9 Å². The molecule has 6 nitrogen and oxygen atoms in total. The van der Waals surface area contributed by atoms with Crippen LogP contribution in [-0.4, -0.2) is 51.7 Å². The maximum atomic E-state index is 12.6. The summed E-state index contributed by atoms with van der Waals surface area (Å²) in [5, 5.41) is 9.49. The lowest BCUT2D eigenvalue weighted by molar-refractivity contribution is -0.151. The molecule has 2 aromatic rings. The third-order valence-corrected chi connectivity index (χ3v) is 6.42. The highest BCUT2D eigenvalue weighted by atomic mass is 16.5. The Balaban J connectivity index is 1.38. The number of rotatable bonds is 2. The average molecular weight is 379 g/mol. The Bertz CT molecular complexity index is 872. The monoisotopic (exact) mass is 379 g/mol. The van der Waals surface area contributed by atoms with Crippen LogP contribution in [-0.2, 0) is 21.6 Å². The smallest absolute Gasteiger partial charge is 0.225 e. The molecule has 6 heteroatoms. The van der Waals surface area contributed by atoms with Gasteiger partial charge < -0.3 is 14.7 Å². The number of amides is 1. The first-order valence-corrected chi connectivity index (χ1v) is 10.2. The van der Waals surface area contributed by atoms with Crippen LogP contribution in [0, 0.1) is 5.92 Å². The molecule has 0 atom stereocenters. The van der Waals surface area contributed by atoms with Gasteiger partial charge in [-0.25, -0.2) is 9.97 Å². The molecule has 1 amide bonds. The maximum Gasteiger partial charge on any atom is 0.225 e. The van der Waals surface area contributed by atoms with Crippen LogP contribution in [0.2, 0.25) is 0 Å². The second kappa shape index (κ2) is 6.94. The topological polar surface area (TPSA) is 75.5 Å². The Labute approximate surface area is 164 Å². The summed E-state index contributed by atoms with van der Waals surface area (Å²) in [6.45, 7) is 2.02. The maximum absolute atomic E-state index is 12.6. The van der Waals surface area contributed by atoms with E-state index in [9.17, 15) is 9.90 Å². The number of aliphatic hydroxyl groups excluding tert-OH is 1. The number of fused-ring (bicyclic) bond motifs is 2. The van der Waals surface area contributed by atoms with Gasteiger partial charge in [-0.2, -0.15) is 0 Å². The van der Waals surface area contributed by atoms with E-state index >= 15 is 0 Å². The van der Waals surface area contributed by atoms with E-state index in [1.54, 1.807) is 0 Å². The van der Waals surface area contributed by atoms with Gasteiger partial charge in [0.1, 0.15) is 5.60 Å². The van der Waals surface area contributed by atoms with Gasteiger partial charge in [-0.15, -0.1) is 0 Å². The largest absolute Gasteiger partial charge is 0.393 e. The molecule has 1 aromatic heterocycles. The minimum absolute atomic E-state index is 0.00406. The fourth-order valence-electron chi connectivity index (χ4n) is 4.65. The highest BCUT2D eigenvalue weighted by Crippen LogP contribution is 2.41. The SMILES string of the molecule is O=C(C1CC(O)C1)N1CCC2(CC1)OCCc1cnc(-c3ccccc3)nc12. The summed E-state index contributed by atoms with van der Waals surface area (Å²) in [7, 11) is 0. The summed E-state index contributed by atoms with van der Waals surface area (Å²) in [6, 6.07) is 10.0. The summed E-state index contributed by atoms with van der Waals surface area (Å²) in [4.78, 5) is 24.1. The van der Waals surface area contributed by atoms with Gasteiger partial charge in [0.05, 0.1) is 18.4 Å². The molecule has 0 bridgehead atoms. The second-order valence-electron chi connectivity index (χ2n) is 8.17. The number of hydrogen-bond acceptors (Lipinski definition) is 5. The lowest BCUT2D eigenvalue weighted by Gasteiger charge is -2.45. The minimum Gasteiger partial charge on any atom is -0.393 e. The van der Waals surface area contributed by atoms with Gasteiger partial charge >= 0.3 is 0 Å². The molecule has 3 aliphatic rings. The Morgan fingerprint density at radius 3 is 2.64 bits per heavy atom. The zero-order valence-electron chi connectivity index (χ0n) is 15.9. The molecule has 28 heavy (non-hydrogen) atoms. The van der Waals surface area contributed by atoms with Crippen molar-refractivity contribution in [3.05, 3.63) is 47.8 Å². The van der Waals surface area contributed by atoms with Crippen LogP contribution in [0.3, 0.4) is 0 Å². The molecule has 0 unspecified atom stereocenters. The Morgan fingerprint density at radius 1 is 1.18 bits per heavy atom. The van der Waals surface area contributed by atoms with E-state index in [0.29, 0.717) is 32.5 Å². The molecular weight excluding hydrogens is 354 g/mol. The van der Waals surface area contributed by atoms with Gasteiger partial charge in [-0.05, 0) is 37.7 Å². The number of piperidine rings is 1. The van der Waals surface area contributed by atoms with Crippen LogP contribution in [0.5, 0.6) is 0 Å². The predicted molar refractivity (Wildman–Crippen MR) is 103 cm³/mol. The molecule has 1 aliphatic carbocycles. The third kappa shape index (κ3) is 3.01. The van der Waals surface area contributed by atoms with Crippen LogP contribution in [0.15, 0.2) is 36.5 Å². The molecule has 1 saturated heterocycles. The molecule has 2 fully saturated rings. The number of ether oxygens (including phenoxy) is 1. The van der Waals surface area contributed by atoms with Crippen LogP contribution >= 0.6 is 0 Å². The Kier molecular flexibility index (Phi) is 4.40. The molecule has 3 heterocycles. The summed E-state index contributed by atoms with van der Waals surface area (Å²) in [5.41, 5.74) is 2.74. The van der Waals surface area contributed by atoms with Crippen LogP contribution < -0.4 is 0 Å². The van der Waals surface area contributed by atoms with Crippen molar-refractivity contribution in [2.45, 2.75) is 43.8 Å². The zero-order valence-corrected chi connectivity index (χ0v) is 15.9. The molecule has 5 rings (SSSR count). The van der Waals surface area contributed by atoms with Crippen LogP contribution in [0.4, 0.5) is 0 Å². The van der Waals surface area contributed by atoms with Crippen molar-refractivity contribution in [1.29, 1.82) is 0 Å². The molecule has 2 aliphatic heterocycles. The normalized spacial score (nSPS) is 25.8. The number of benzene rings is 1. The van der Waals surface area contributed by atoms with Gasteiger partial charge in [0.2, 0.25) is 5.91 Å². The average Bonchev–Trinajstić information content (AvgIpc) is 2.72. The molecule has 1 N–H and O–H groups in total. The third-order valence-electron chi connectivity index (χ3n) is 6.42. The standard InChI is InChI=1S/C22H25N3O3/c26-18-12-17(13-18)21(27)25-9-7-22(8-10-25)19-16(6-11-28-22)14-23-20(24-19)15-4-2-1-3-5-15/h1-5,14,17-18,26H,6-13H2. The van der Waals surface area contributed by atoms with Gasteiger partial charge in [-0.1, -0.05) is 30.3 Å². The van der Waals surface area contributed by atoms with E-state index in [4.69, 9.17) is 9.72 Å². The summed E-state index contributed by atoms with van der Waals surface area (Å²) >= 11 is 0. The van der Waals surface area contributed by atoms with Crippen molar-refractivity contribution >= 4 is 5.91 Å². The van der Waals surface area contributed by atoms with Crippen molar-refractivity contribution in [2.75, 3.05) is 19.7 Å². The van der Waals surface area contributed by atoms with E-state index in [0.717, 1.165) is 41.9 Å².